The number of imidazole rings is 1. The minimum atomic E-state index is -3.35. The lowest BCUT2D eigenvalue weighted by molar-refractivity contribution is -0.0606. The molecular weight excluding hydrogens is 425 g/mol. The fourth-order valence-electron chi connectivity index (χ4n) is 2.95. The van der Waals surface area contributed by atoms with Crippen molar-refractivity contribution in [1.29, 1.82) is 0 Å². The van der Waals surface area contributed by atoms with E-state index in [1.54, 1.807) is 0 Å². The number of ether oxygens (including phenoxy) is 2. The highest BCUT2D eigenvalue weighted by molar-refractivity contribution is 7.56. The molecule has 2 unspecified atom stereocenters. The summed E-state index contributed by atoms with van der Waals surface area (Å²) in [5.41, 5.74) is 0.786. The van der Waals surface area contributed by atoms with Crippen LogP contribution in [0.5, 0.6) is 0 Å². The van der Waals surface area contributed by atoms with E-state index in [2.05, 4.69) is 20.3 Å². The fraction of sp³-hybridized carbons (Fsp3) is 0.688. The van der Waals surface area contributed by atoms with Gasteiger partial charge in [0.25, 0.3) is 0 Å². The molecule has 3 heterocycles. The Hall–Kier alpha value is -1.33. The van der Waals surface area contributed by atoms with E-state index in [9.17, 15) is 19.7 Å². The number of fused-ring (bicyclic) bond motifs is 1. The summed E-state index contributed by atoms with van der Waals surface area (Å²) < 4.78 is 23.7. The van der Waals surface area contributed by atoms with Crippen molar-refractivity contribution in [1.82, 2.24) is 19.5 Å². The van der Waals surface area contributed by atoms with Crippen LogP contribution in [0.2, 0.25) is 5.28 Å². The summed E-state index contributed by atoms with van der Waals surface area (Å²) in [5, 5.41) is 24.0. The molecule has 29 heavy (non-hydrogen) atoms. The lowest BCUT2D eigenvalue weighted by Gasteiger charge is -2.17. The summed E-state index contributed by atoms with van der Waals surface area (Å²) in [6, 6.07) is 0.132. The monoisotopic (exact) mass is 449 g/mol. The number of anilines is 1. The van der Waals surface area contributed by atoms with Crippen molar-refractivity contribution < 1.29 is 29.1 Å². The molecule has 1 aliphatic rings. The molecule has 1 aliphatic heterocycles. The van der Waals surface area contributed by atoms with Gasteiger partial charge in [0.15, 0.2) is 23.2 Å². The van der Waals surface area contributed by atoms with Crippen molar-refractivity contribution in [2.75, 3.05) is 24.9 Å². The Morgan fingerprint density at radius 3 is 2.79 bits per heavy atom. The predicted molar refractivity (Wildman–Crippen MR) is 106 cm³/mol. The van der Waals surface area contributed by atoms with Gasteiger partial charge in [-0.15, -0.1) is 0 Å². The van der Waals surface area contributed by atoms with E-state index in [0.717, 1.165) is 6.42 Å². The van der Waals surface area contributed by atoms with Gasteiger partial charge < -0.3 is 29.9 Å². The molecule has 6 atom stereocenters. The van der Waals surface area contributed by atoms with E-state index in [1.807, 2.05) is 13.8 Å². The number of aliphatic hydroxyl groups excluding tert-OH is 2. The van der Waals surface area contributed by atoms with Crippen LogP contribution in [0.15, 0.2) is 6.33 Å². The molecule has 0 saturated carbocycles. The zero-order valence-corrected chi connectivity index (χ0v) is 17.9. The maximum absolute atomic E-state index is 11.3. The molecule has 1 fully saturated rings. The van der Waals surface area contributed by atoms with Gasteiger partial charge in [0.2, 0.25) is 12.7 Å². The third-order valence-corrected chi connectivity index (χ3v) is 5.44. The van der Waals surface area contributed by atoms with Gasteiger partial charge in [0.1, 0.15) is 24.7 Å². The number of rotatable bonds is 8. The Balaban J connectivity index is 1.84. The number of nitrogens with one attached hydrogen (secondary N) is 1. The highest BCUT2D eigenvalue weighted by Gasteiger charge is 2.44. The van der Waals surface area contributed by atoms with E-state index in [1.165, 1.54) is 17.6 Å². The fourth-order valence-corrected chi connectivity index (χ4v) is 3.56. The molecule has 162 valence electrons. The molecule has 2 aromatic rings. The zero-order valence-electron chi connectivity index (χ0n) is 16.3. The molecule has 0 amide bonds. The zero-order chi connectivity index (χ0) is 21.3. The van der Waals surface area contributed by atoms with Crippen LogP contribution in [0.25, 0.3) is 11.2 Å². The standard InChI is InChI=1S/C16H25ClN5O6P/c1-4-8(2)19-13-10-14(21-16(17)20-13)22(6-18-10)15-12(24)11(23)9(28-15)5-27-7-29(3,25)26/h6,8-9,11-12,15,23-24H,4-5,7H2,1-3H3,(H,25,26)(H,19,20,21)/t8?,9-,11-,12-,15-/m1/s1. The van der Waals surface area contributed by atoms with Crippen LogP contribution in [-0.2, 0) is 14.0 Å². The average Bonchev–Trinajstić information content (AvgIpc) is 3.16. The van der Waals surface area contributed by atoms with Crippen LogP contribution in [0.3, 0.4) is 0 Å². The molecule has 0 radical (unpaired) electrons. The Bertz CT molecular complexity index is 907. The largest absolute Gasteiger partial charge is 0.387 e. The molecule has 2 aromatic heterocycles. The lowest BCUT2D eigenvalue weighted by atomic mass is 10.1. The second-order valence-electron chi connectivity index (χ2n) is 7.22. The number of hydrogen-bond donors (Lipinski definition) is 4. The molecule has 0 bridgehead atoms. The maximum Gasteiger partial charge on any atom is 0.226 e. The Labute approximate surface area is 172 Å². The van der Waals surface area contributed by atoms with Crippen molar-refractivity contribution in [2.45, 2.75) is 50.8 Å². The molecular formula is C16H25ClN5O6P. The van der Waals surface area contributed by atoms with Gasteiger partial charge in [-0.1, -0.05) is 6.92 Å². The summed E-state index contributed by atoms with van der Waals surface area (Å²) in [7, 11) is -3.35. The molecule has 11 nitrogen and oxygen atoms in total. The normalized spacial score (nSPS) is 27.8. The first-order valence-electron chi connectivity index (χ1n) is 9.16. The average molecular weight is 450 g/mol. The van der Waals surface area contributed by atoms with Crippen LogP contribution in [-0.4, -0.2) is 78.6 Å². The molecule has 13 heteroatoms. The molecule has 0 aliphatic carbocycles. The smallest absolute Gasteiger partial charge is 0.226 e. The van der Waals surface area contributed by atoms with Crippen LogP contribution in [0, 0.1) is 0 Å². The second kappa shape index (κ2) is 8.81. The van der Waals surface area contributed by atoms with E-state index in [4.69, 9.17) is 21.1 Å². The van der Waals surface area contributed by atoms with Crippen molar-refractivity contribution >= 4 is 36.0 Å². The third-order valence-electron chi connectivity index (χ3n) is 4.61. The van der Waals surface area contributed by atoms with E-state index in [0.29, 0.717) is 17.0 Å². The van der Waals surface area contributed by atoms with Crippen LogP contribution in [0.1, 0.15) is 26.5 Å². The number of hydrogen-bond acceptors (Lipinski definition) is 9. The van der Waals surface area contributed by atoms with E-state index in [-0.39, 0.29) is 24.3 Å². The van der Waals surface area contributed by atoms with E-state index >= 15 is 0 Å². The Morgan fingerprint density at radius 1 is 1.41 bits per heavy atom. The molecule has 1 saturated heterocycles. The highest BCUT2D eigenvalue weighted by Crippen LogP contribution is 2.36. The predicted octanol–water partition coefficient (Wildman–Crippen LogP) is 1.18. The van der Waals surface area contributed by atoms with E-state index < -0.39 is 31.9 Å². The first kappa shape index (κ1) is 22.4. The van der Waals surface area contributed by atoms with Gasteiger partial charge in [-0.2, -0.15) is 9.97 Å². The quantitative estimate of drug-likeness (QED) is 0.341. The number of aromatic nitrogens is 4. The summed E-state index contributed by atoms with van der Waals surface area (Å²) >= 11 is 6.06. The van der Waals surface area contributed by atoms with Crippen molar-refractivity contribution in [3.8, 4) is 0 Å². The van der Waals surface area contributed by atoms with Gasteiger partial charge in [-0.25, -0.2) is 4.98 Å². The van der Waals surface area contributed by atoms with Gasteiger partial charge >= 0.3 is 0 Å². The summed E-state index contributed by atoms with van der Waals surface area (Å²) in [6.45, 7) is 5.03. The number of aliphatic hydroxyl groups is 2. The summed E-state index contributed by atoms with van der Waals surface area (Å²) in [6.07, 6.45) is -2.52. The highest BCUT2D eigenvalue weighted by atomic mass is 35.5. The van der Waals surface area contributed by atoms with Crippen molar-refractivity contribution in [3.63, 3.8) is 0 Å². The first-order valence-corrected chi connectivity index (χ1v) is 11.8. The Morgan fingerprint density at radius 2 is 2.14 bits per heavy atom. The van der Waals surface area contributed by atoms with Crippen LogP contribution < -0.4 is 5.32 Å². The van der Waals surface area contributed by atoms with Gasteiger partial charge in [-0.3, -0.25) is 9.13 Å². The second-order valence-corrected chi connectivity index (χ2v) is 9.91. The molecule has 3 rings (SSSR count). The summed E-state index contributed by atoms with van der Waals surface area (Å²) in [5.74, 6) is 0.461. The molecule has 4 N–H and O–H groups in total. The molecule has 0 spiro atoms. The lowest BCUT2D eigenvalue weighted by Crippen LogP contribution is -2.33. The van der Waals surface area contributed by atoms with Crippen molar-refractivity contribution in [3.05, 3.63) is 11.6 Å². The van der Waals surface area contributed by atoms with Crippen LogP contribution in [0.4, 0.5) is 5.82 Å². The summed E-state index contributed by atoms with van der Waals surface area (Å²) in [4.78, 5) is 22.0. The van der Waals surface area contributed by atoms with Crippen molar-refractivity contribution in [2.24, 2.45) is 0 Å². The number of nitrogens with zero attached hydrogens (tertiary/aromatic N) is 4. The van der Waals surface area contributed by atoms with Gasteiger partial charge in [-0.05, 0) is 24.9 Å². The Kier molecular flexibility index (Phi) is 6.79. The van der Waals surface area contributed by atoms with Crippen LogP contribution >= 0.6 is 19.0 Å². The first-order chi connectivity index (χ1) is 13.6. The maximum atomic E-state index is 11.3. The molecule has 0 aromatic carbocycles. The minimum absolute atomic E-state index is 0.000356. The third kappa shape index (κ3) is 5.05. The van der Waals surface area contributed by atoms with Gasteiger partial charge in [0.05, 0.1) is 12.9 Å². The topological polar surface area (TPSA) is 152 Å². The number of halogens is 1. The van der Waals surface area contributed by atoms with Gasteiger partial charge in [0, 0.05) is 12.7 Å². The minimum Gasteiger partial charge on any atom is -0.387 e. The SMILES string of the molecule is CCC(C)Nc1nc(Cl)nc2c1ncn2[C@@H]1O[C@H](COCP(C)(=O)O)[C@@H](O)[C@H]1O.